The van der Waals surface area contributed by atoms with Crippen LogP contribution in [0, 0.1) is 0 Å². The molecule has 0 aliphatic heterocycles. The maximum Gasteiger partial charge on any atom is 0.0843 e. The quantitative estimate of drug-likeness (QED) is 0.835. The van der Waals surface area contributed by atoms with Crippen LogP contribution in [0.25, 0.3) is 0 Å². The lowest BCUT2D eigenvalue weighted by Gasteiger charge is -2.18. The summed E-state index contributed by atoms with van der Waals surface area (Å²) in [4.78, 5) is 6.64. The van der Waals surface area contributed by atoms with Crippen molar-refractivity contribution < 1.29 is 4.84 Å². The Morgan fingerprint density at radius 2 is 2.07 bits per heavy atom. The van der Waals surface area contributed by atoms with Gasteiger partial charge in [0.1, 0.15) is 0 Å². The van der Waals surface area contributed by atoms with Crippen LogP contribution in [0.1, 0.15) is 25.6 Å². The summed E-state index contributed by atoms with van der Waals surface area (Å²) in [6, 6.07) is 2.08. The minimum Gasteiger partial charge on any atom is -0.296 e. The van der Waals surface area contributed by atoms with Crippen molar-refractivity contribution in [2.75, 3.05) is 0 Å². The van der Waals surface area contributed by atoms with E-state index in [1.165, 1.54) is 4.88 Å². The first-order valence-electron chi connectivity index (χ1n) is 4.23. The highest BCUT2D eigenvalue weighted by Gasteiger charge is 2.10. The zero-order valence-electron chi connectivity index (χ0n) is 8.36. The molecule has 0 bridgehead atoms. The van der Waals surface area contributed by atoms with Crippen molar-refractivity contribution in [1.82, 2.24) is 5.48 Å². The van der Waals surface area contributed by atoms with E-state index in [0.717, 1.165) is 14.8 Å². The van der Waals surface area contributed by atoms with Crippen molar-refractivity contribution in [1.29, 1.82) is 0 Å². The zero-order chi connectivity index (χ0) is 10.8. The topological polar surface area (TPSA) is 21.3 Å². The third kappa shape index (κ3) is 4.40. The summed E-state index contributed by atoms with van der Waals surface area (Å²) >= 11 is 8.59. The molecule has 80 valence electrons. The van der Waals surface area contributed by atoms with Crippen LogP contribution in [0.4, 0.5) is 0 Å². The van der Waals surface area contributed by atoms with Gasteiger partial charge in [-0.3, -0.25) is 4.84 Å². The zero-order valence-corrected chi connectivity index (χ0v) is 12.3. The van der Waals surface area contributed by atoms with Gasteiger partial charge in [0.25, 0.3) is 0 Å². The lowest BCUT2D eigenvalue weighted by molar-refractivity contribution is -0.0754. The molecule has 0 spiro atoms. The summed E-state index contributed by atoms with van der Waals surface area (Å²) in [5.74, 6) is 0. The second kappa shape index (κ2) is 5.07. The molecule has 1 heterocycles. The number of thiophene rings is 1. The van der Waals surface area contributed by atoms with E-state index in [9.17, 15) is 0 Å². The maximum absolute atomic E-state index is 5.41. The lowest BCUT2D eigenvalue weighted by atomic mass is 10.2. The summed E-state index contributed by atoms with van der Waals surface area (Å²) < 4.78 is 2.21. The van der Waals surface area contributed by atoms with Crippen molar-refractivity contribution in [3.8, 4) is 0 Å². The van der Waals surface area contributed by atoms with E-state index in [0.29, 0.717) is 0 Å². The number of hydrogen-bond acceptors (Lipinski definition) is 3. The average molecular weight is 343 g/mol. The number of halogens is 2. The first-order chi connectivity index (χ1) is 6.38. The Hall–Kier alpha value is 0.580. The van der Waals surface area contributed by atoms with Gasteiger partial charge in [0.15, 0.2) is 0 Å². The highest BCUT2D eigenvalue weighted by molar-refractivity contribution is 9.13. The number of hydrogen-bond donors (Lipinski definition) is 1. The molecule has 5 heteroatoms. The van der Waals surface area contributed by atoms with Crippen LogP contribution in [-0.2, 0) is 11.4 Å². The minimum atomic E-state index is -0.147. The van der Waals surface area contributed by atoms with Gasteiger partial charge in [0.2, 0.25) is 0 Å². The summed E-state index contributed by atoms with van der Waals surface area (Å²) in [5.41, 5.74) is 2.80. The second-order valence-electron chi connectivity index (χ2n) is 3.87. The van der Waals surface area contributed by atoms with E-state index >= 15 is 0 Å². The molecule has 1 aromatic heterocycles. The molecule has 1 rings (SSSR count). The van der Waals surface area contributed by atoms with Gasteiger partial charge in [-0.05, 0) is 58.7 Å². The van der Waals surface area contributed by atoms with Crippen LogP contribution < -0.4 is 5.48 Å². The van der Waals surface area contributed by atoms with Gasteiger partial charge in [-0.1, -0.05) is 0 Å². The SMILES string of the molecule is CC(C)(C)ONCc1cc(Br)c(Br)s1. The fourth-order valence-corrected chi connectivity index (χ4v) is 2.91. The molecule has 0 radical (unpaired) electrons. The summed E-state index contributed by atoms with van der Waals surface area (Å²) in [5, 5.41) is 0. The van der Waals surface area contributed by atoms with Gasteiger partial charge < -0.3 is 0 Å². The molecule has 14 heavy (non-hydrogen) atoms. The van der Waals surface area contributed by atoms with Gasteiger partial charge >= 0.3 is 0 Å². The fraction of sp³-hybridized carbons (Fsp3) is 0.556. The Balaban J connectivity index is 2.39. The van der Waals surface area contributed by atoms with Crippen LogP contribution in [0.5, 0.6) is 0 Å². The van der Waals surface area contributed by atoms with Gasteiger partial charge in [-0.2, -0.15) is 5.48 Å². The number of hydroxylamine groups is 1. The van der Waals surface area contributed by atoms with Crippen LogP contribution in [0.15, 0.2) is 14.3 Å². The third-order valence-electron chi connectivity index (χ3n) is 1.32. The lowest BCUT2D eigenvalue weighted by Crippen LogP contribution is -2.28. The molecule has 0 amide bonds. The maximum atomic E-state index is 5.41. The Kier molecular flexibility index (Phi) is 4.58. The first kappa shape index (κ1) is 12.6. The van der Waals surface area contributed by atoms with Crippen molar-refractivity contribution in [3.05, 3.63) is 19.2 Å². The van der Waals surface area contributed by atoms with E-state index in [4.69, 9.17) is 4.84 Å². The minimum absolute atomic E-state index is 0.147. The standard InChI is InChI=1S/C9H13Br2NOS/c1-9(2,3)13-12-5-6-4-7(10)8(11)14-6/h4,12H,5H2,1-3H3. The van der Waals surface area contributed by atoms with E-state index in [2.05, 4.69) is 43.4 Å². The van der Waals surface area contributed by atoms with Crippen molar-refractivity contribution in [3.63, 3.8) is 0 Å². The molecule has 2 nitrogen and oxygen atoms in total. The molecule has 1 aromatic rings. The molecular formula is C9H13Br2NOS. The highest BCUT2D eigenvalue weighted by atomic mass is 79.9. The molecule has 0 saturated carbocycles. The predicted molar refractivity (Wildman–Crippen MR) is 67.4 cm³/mol. The van der Waals surface area contributed by atoms with E-state index in [1.807, 2.05) is 20.8 Å². The molecule has 0 aromatic carbocycles. The summed E-state index contributed by atoms with van der Waals surface area (Å²) in [6.45, 7) is 6.77. The number of nitrogens with one attached hydrogen (secondary N) is 1. The molecule has 0 fully saturated rings. The van der Waals surface area contributed by atoms with E-state index < -0.39 is 0 Å². The smallest absolute Gasteiger partial charge is 0.0843 e. The number of rotatable bonds is 3. The monoisotopic (exact) mass is 341 g/mol. The van der Waals surface area contributed by atoms with E-state index in [1.54, 1.807) is 11.3 Å². The van der Waals surface area contributed by atoms with Crippen LogP contribution in [0.3, 0.4) is 0 Å². The Morgan fingerprint density at radius 3 is 2.50 bits per heavy atom. The van der Waals surface area contributed by atoms with Crippen molar-refractivity contribution in [2.24, 2.45) is 0 Å². The molecule has 1 N–H and O–H groups in total. The Bertz CT molecular complexity index is 287. The first-order valence-corrected chi connectivity index (χ1v) is 6.63. The highest BCUT2D eigenvalue weighted by Crippen LogP contribution is 2.32. The fourth-order valence-electron chi connectivity index (χ4n) is 0.802. The average Bonchev–Trinajstić information content (AvgIpc) is 2.28. The molecule has 0 aliphatic carbocycles. The molecule has 0 aliphatic rings. The molecule has 0 unspecified atom stereocenters. The summed E-state index contributed by atoms with van der Waals surface area (Å²) in [6.07, 6.45) is 0. The molecule has 0 saturated heterocycles. The van der Waals surface area contributed by atoms with Crippen LogP contribution in [-0.4, -0.2) is 5.60 Å². The van der Waals surface area contributed by atoms with Crippen LogP contribution >= 0.6 is 43.2 Å². The Labute approximate surface area is 105 Å². The largest absolute Gasteiger partial charge is 0.296 e. The summed E-state index contributed by atoms with van der Waals surface area (Å²) in [7, 11) is 0. The molecule has 0 atom stereocenters. The second-order valence-corrected chi connectivity index (χ2v) is 7.18. The van der Waals surface area contributed by atoms with Gasteiger partial charge in [0, 0.05) is 9.35 Å². The third-order valence-corrected chi connectivity index (χ3v) is 4.58. The van der Waals surface area contributed by atoms with Crippen molar-refractivity contribution >= 4 is 43.2 Å². The van der Waals surface area contributed by atoms with Crippen molar-refractivity contribution in [2.45, 2.75) is 32.9 Å². The van der Waals surface area contributed by atoms with Gasteiger partial charge in [-0.15, -0.1) is 11.3 Å². The van der Waals surface area contributed by atoms with Gasteiger partial charge in [-0.25, -0.2) is 0 Å². The van der Waals surface area contributed by atoms with Gasteiger partial charge in [0.05, 0.1) is 15.9 Å². The Morgan fingerprint density at radius 1 is 1.43 bits per heavy atom. The van der Waals surface area contributed by atoms with E-state index in [-0.39, 0.29) is 5.60 Å². The molecular weight excluding hydrogens is 330 g/mol. The predicted octanol–water partition coefficient (Wildman–Crippen LogP) is 4.09. The normalized spacial score (nSPS) is 12.1. The van der Waals surface area contributed by atoms with Crippen LogP contribution in [0.2, 0.25) is 0 Å².